The Balaban J connectivity index is 2.85. The van der Waals surface area contributed by atoms with E-state index in [0.29, 0.717) is 12.5 Å². The summed E-state index contributed by atoms with van der Waals surface area (Å²) >= 11 is 0. The average Bonchev–Trinajstić information content (AvgIpc) is 2.29. The van der Waals surface area contributed by atoms with Crippen LogP contribution in [-0.4, -0.2) is 22.0 Å². The van der Waals surface area contributed by atoms with Crippen LogP contribution in [-0.2, 0) is 0 Å². The fraction of sp³-hybridized carbons (Fsp3) is 0.545. The Kier molecular flexibility index (Phi) is 4.01. The van der Waals surface area contributed by atoms with Crippen LogP contribution in [0.1, 0.15) is 20.8 Å². The van der Waals surface area contributed by atoms with E-state index in [1.54, 1.807) is 6.07 Å². The molecule has 0 spiro atoms. The standard InChI is InChI=1S/C11H18N4O2/c1-8(2)11(3,7-12)14-9-4-5-10(13-6-9)15(16)17/h4-6,8,14H,7,12H2,1-3H3. The first-order chi connectivity index (χ1) is 7.89. The van der Waals surface area contributed by atoms with Crippen molar-refractivity contribution in [1.29, 1.82) is 0 Å². The van der Waals surface area contributed by atoms with Crippen molar-refractivity contribution in [2.45, 2.75) is 26.3 Å². The highest BCUT2D eigenvalue weighted by molar-refractivity contribution is 5.46. The summed E-state index contributed by atoms with van der Waals surface area (Å²) in [6, 6.07) is 3.01. The molecule has 1 aromatic heterocycles. The summed E-state index contributed by atoms with van der Waals surface area (Å²) in [7, 11) is 0. The maximum Gasteiger partial charge on any atom is 0.363 e. The van der Waals surface area contributed by atoms with Gasteiger partial charge in [0.25, 0.3) is 0 Å². The zero-order chi connectivity index (χ0) is 13.1. The largest absolute Gasteiger partial charge is 0.375 e. The van der Waals surface area contributed by atoms with Crippen LogP contribution >= 0.6 is 0 Å². The molecule has 1 rings (SSSR count). The molecule has 1 aromatic rings. The molecule has 1 heterocycles. The smallest absolute Gasteiger partial charge is 0.363 e. The van der Waals surface area contributed by atoms with Crippen LogP contribution in [0.2, 0.25) is 0 Å². The van der Waals surface area contributed by atoms with E-state index in [9.17, 15) is 10.1 Å². The summed E-state index contributed by atoms with van der Waals surface area (Å²) in [6.07, 6.45) is 1.45. The van der Waals surface area contributed by atoms with Crippen LogP contribution in [0.5, 0.6) is 0 Å². The Bertz CT molecular complexity index is 391. The van der Waals surface area contributed by atoms with Gasteiger partial charge >= 0.3 is 5.82 Å². The number of hydrogen-bond acceptors (Lipinski definition) is 5. The second-order valence-electron chi connectivity index (χ2n) is 4.56. The van der Waals surface area contributed by atoms with Crippen molar-refractivity contribution < 1.29 is 4.92 Å². The zero-order valence-electron chi connectivity index (χ0n) is 10.3. The van der Waals surface area contributed by atoms with Crippen molar-refractivity contribution in [3.05, 3.63) is 28.4 Å². The predicted octanol–water partition coefficient (Wildman–Crippen LogP) is 1.78. The third kappa shape index (κ3) is 3.13. The molecule has 0 amide bonds. The number of aromatic nitrogens is 1. The minimum atomic E-state index is -0.519. The number of anilines is 1. The first kappa shape index (κ1) is 13.4. The minimum absolute atomic E-state index is 0.158. The number of nitrogens with one attached hydrogen (secondary N) is 1. The molecule has 0 saturated carbocycles. The Morgan fingerprint density at radius 3 is 2.59 bits per heavy atom. The van der Waals surface area contributed by atoms with Gasteiger partial charge in [0.2, 0.25) is 0 Å². The monoisotopic (exact) mass is 238 g/mol. The molecule has 0 aliphatic heterocycles. The molecule has 1 atom stereocenters. The van der Waals surface area contributed by atoms with Gasteiger partial charge in [0.05, 0.1) is 5.69 Å². The fourth-order valence-electron chi connectivity index (χ4n) is 1.33. The van der Waals surface area contributed by atoms with E-state index in [1.165, 1.54) is 12.3 Å². The van der Waals surface area contributed by atoms with Crippen LogP contribution < -0.4 is 11.1 Å². The maximum absolute atomic E-state index is 10.5. The lowest BCUT2D eigenvalue weighted by Gasteiger charge is -2.34. The summed E-state index contributed by atoms with van der Waals surface area (Å²) in [5.74, 6) is 0.178. The highest BCUT2D eigenvalue weighted by Gasteiger charge is 2.26. The van der Waals surface area contributed by atoms with E-state index in [0.717, 1.165) is 5.69 Å². The van der Waals surface area contributed by atoms with Crippen LogP contribution in [0.3, 0.4) is 0 Å². The number of hydrogen-bond donors (Lipinski definition) is 2. The number of rotatable bonds is 5. The van der Waals surface area contributed by atoms with E-state index < -0.39 is 4.92 Å². The van der Waals surface area contributed by atoms with Crippen LogP contribution in [0, 0.1) is 16.0 Å². The first-order valence-corrected chi connectivity index (χ1v) is 5.48. The Morgan fingerprint density at radius 2 is 2.24 bits per heavy atom. The summed E-state index contributed by atoms with van der Waals surface area (Å²) < 4.78 is 0. The molecule has 3 N–H and O–H groups in total. The van der Waals surface area contributed by atoms with Crippen molar-refractivity contribution >= 4 is 11.5 Å². The predicted molar refractivity (Wildman–Crippen MR) is 66.8 cm³/mol. The number of nitrogens with two attached hydrogens (primary N) is 1. The highest BCUT2D eigenvalue weighted by atomic mass is 16.6. The van der Waals surface area contributed by atoms with Crippen molar-refractivity contribution in [1.82, 2.24) is 4.98 Å². The lowest BCUT2D eigenvalue weighted by Crippen LogP contribution is -2.47. The minimum Gasteiger partial charge on any atom is -0.375 e. The van der Waals surface area contributed by atoms with E-state index in [-0.39, 0.29) is 11.4 Å². The summed E-state index contributed by atoms with van der Waals surface area (Å²) in [5, 5.41) is 13.7. The van der Waals surface area contributed by atoms with Gasteiger partial charge in [0, 0.05) is 18.2 Å². The van der Waals surface area contributed by atoms with E-state index in [4.69, 9.17) is 5.73 Å². The molecule has 6 nitrogen and oxygen atoms in total. The van der Waals surface area contributed by atoms with Crippen molar-refractivity contribution in [2.75, 3.05) is 11.9 Å². The number of pyridine rings is 1. The van der Waals surface area contributed by atoms with Gasteiger partial charge in [-0.3, -0.25) is 0 Å². The highest BCUT2D eigenvalue weighted by Crippen LogP contribution is 2.22. The molecule has 94 valence electrons. The molecule has 1 unspecified atom stereocenters. The Labute approximate surface area is 100 Å². The van der Waals surface area contributed by atoms with Gasteiger partial charge < -0.3 is 21.2 Å². The third-order valence-corrected chi connectivity index (χ3v) is 3.06. The molecule has 17 heavy (non-hydrogen) atoms. The van der Waals surface area contributed by atoms with Gasteiger partial charge in [-0.05, 0) is 28.8 Å². The van der Waals surface area contributed by atoms with Gasteiger partial charge in [-0.1, -0.05) is 13.8 Å². The SMILES string of the molecule is CC(C)C(C)(CN)Nc1ccc([N+](=O)[O-])nc1. The quantitative estimate of drug-likeness (QED) is 0.602. The molecule has 0 saturated heterocycles. The van der Waals surface area contributed by atoms with Crippen LogP contribution in [0.15, 0.2) is 18.3 Å². The molecule has 0 aliphatic carbocycles. The van der Waals surface area contributed by atoms with Gasteiger partial charge in [-0.15, -0.1) is 0 Å². The normalized spacial score (nSPS) is 14.4. The summed E-state index contributed by atoms with van der Waals surface area (Å²) in [4.78, 5) is 13.7. The van der Waals surface area contributed by atoms with Crippen molar-refractivity contribution in [3.63, 3.8) is 0 Å². The average molecular weight is 238 g/mol. The van der Waals surface area contributed by atoms with E-state index in [2.05, 4.69) is 24.1 Å². The second kappa shape index (κ2) is 5.09. The molecule has 0 radical (unpaired) electrons. The van der Waals surface area contributed by atoms with Gasteiger partial charge in [0.1, 0.15) is 0 Å². The van der Waals surface area contributed by atoms with Crippen molar-refractivity contribution in [3.8, 4) is 0 Å². The first-order valence-electron chi connectivity index (χ1n) is 5.48. The fourth-order valence-corrected chi connectivity index (χ4v) is 1.33. The third-order valence-electron chi connectivity index (χ3n) is 3.06. The summed E-state index contributed by atoms with van der Waals surface area (Å²) in [6.45, 7) is 6.62. The Hall–Kier alpha value is -1.69. The Morgan fingerprint density at radius 1 is 1.59 bits per heavy atom. The number of nitro groups is 1. The van der Waals surface area contributed by atoms with E-state index in [1.807, 2.05) is 6.92 Å². The van der Waals surface area contributed by atoms with Gasteiger partial charge in [0.15, 0.2) is 6.20 Å². The summed E-state index contributed by atoms with van der Waals surface area (Å²) in [5.41, 5.74) is 6.22. The van der Waals surface area contributed by atoms with Crippen LogP contribution in [0.25, 0.3) is 0 Å². The van der Waals surface area contributed by atoms with Crippen LogP contribution in [0.4, 0.5) is 11.5 Å². The van der Waals surface area contributed by atoms with Gasteiger partial charge in [-0.2, -0.15) is 0 Å². The topological polar surface area (TPSA) is 94.1 Å². The lowest BCUT2D eigenvalue weighted by molar-refractivity contribution is -0.389. The molecular formula is C11H18N4O2. The second-order valence-corrected chi connectivity index (χ2v) is 4.56. The molecule has 0 fully saturated rings. The molecule has 6 heteroatoms. The molecular weight excluding hydrogens is 220 g/mol. The number of nitrogens with zero attached hydrogens (tertiary/aromatic N) is 2. The van der Waals surface area contributed by atoms with Gasteiger partial charge in [-0.25, -0.2) is 0 Å². The van der Waals surface area contributed by atoms with E-state index >= 15 is 0 Å². The zero-order valence-corrected chi connectivity index (χ0v) is 10.3. The lowest BCUT2D eigenvalue weighted by atomic mass is 9.88. The van der Waals surface area contributed by atoms with Crippen molar-refractivity contribution in [2.24, 2.45) is 11.7 Å². The maximum atomic E-state index is 10.5. The molecule has 0 aliphatic rings. The molecule has 0 aromatic carbocycles. The molecule has 0 bridgehead atoms.